The van der Waals surface area contributed by atoms with Crippen LogP contribution in [0.15, 0.2) is 24.3 Å². The molecule has 6 nitrogen and oxygen atoms in total. The summed E-state index contributed by atoms with van der Waals surface area (Å²) in [6, 6.07) is 6.21. The van der Waals surface area contributed by atoms with Crippen molar-refractivity contribution in [2.75, 3.05) is 19.6 Å². The molecular formula is C18H22ClN3O3. The van der Waals surface area contributed by atoms with E-state index in [2.05, 4.69) is 12.2 Å². The van der Waals surface area contributed by atoms with Gasteiger partial charge in [0.1, 0.15) is 12.1 Å². The third kappa shape index (κ3) is 3.35. The van der Waals surface area contributed by atoms with Crippen molar-refractivity contribution in [3.8, 4) is 0 Å². The van der Waals surface area contributed by atoms with Gasteiger partial charge in [-0.1, -0.05) is 30.7 Å². The number of amides is 4. The van der Waals surface area contributed by atoms with Crippen LogP contribution in [0.4, 0.5) is 4.79 Å². The zero-order valence-electron chi connectivity index (χ0n) is 14.4. The molecule has 1 aromatic carbocycles. The van der Waals surface area contributed by atoms with Crippen LogP contribution in [0, 0.1) is 5.92 Å². The first kappa shape index (κ1) is 17.7. The van der Waals surface area contributed by atoms with Gasteiger partial charge in [0.05, 0.1) is 0 Å². The van der Waals surface area contributed by atoms with E-state index in [9.17, 15) is 14.4 Å². The van der Waals surface area contributed by atoms with E-state index in [1.54, 1.807) is 36.1 Å². The van der Waals surface area contributed by atoms with Crippen LogP contribution in [0.1, 0.15) is 32.3 Å². The Morgan fingerprint density at radius 1 is 1.32 bits per heavy atom. The van der Waals surface area contributed by atoms with Gasteiger partial charge in [0.15, 0.2) is 0 Å². The summed E-state index contributed by atoms with van der Waals surface area (Å²) in [6.07, 6.45) is 2.05. The average molecular weight is 364 g/mol. The van der Waals surface area contributed by atoms with E-state index in [1.807, 2.05) is 0 Å². The summed E-state index contributed by atoms with van der Waals surface area (Å²) in [6.45, 7) is 4.88. The number of carbonyl (C=O) groups excluding carboxylic acids is 3. The quantitative estimate of drug-likeness (QED) is 0.838. The molecule has 2 aliphatic rings. The number of halogens is 1. The maximum atomic E-state index is 12.8. The van der Waals surface area contributed by atoms with Crippen molar-refractivity contribution in [3.05, 3.63) is 34.9 Å². The standard InChI is InChI=1S/C18H22ClN3O3/c1-12-4-3-9-21(10-12)15(23)11-22-16(24)18(2,20-17(22)25)13-5-7-14(19)8-6-13/h5-8,12H,3-4,9-11H2,1-2H3,(H,20,25)/t12-,18-/m1/s1. The lowest BCUT2D eigenvalue weighted by molar-refractivity contribution is -0.139. The number of carbonyl (C=O) groups is 3. The molecule has 0 aromatic heterocycles. The molecule has 2 heterocycles. The number of hydrogen-bond acceptors (Lipinski definition) is 3. The first-order chi connectivity index (χ1) is 11.8. The fourth-order valence-electron chi connectivity index (χ4n) is 3.47. The molecule has 7 heteroatoms. The summed E-state index contributed by atoms with van der Waals surface area (Å²) >= 11 is 5.89. The Morgan fingerprint density at radius 2 is 2.00 bits per heavy atom. The largest absolute Gasteiger partial charge is 0.341 e. The Morgan fingerprint density at radius 3 is 2.64 bits per heavy atom. The number of hydrogen-bond donors (Lipinski definition) is 1. The molecule has 3 rings (SSSR count). The van der Waals surface area contributed by atoms with Crippen LogP contribution in [0.2, 0.25) is 5.02 Å². The van der Waals surface area contributed by atoms with Crippen molar-refractivity contribution < 1.29 is 14.4 Å². The molecular weight excluding hydrogens is 342 g/mol. The van der Waals surface area contributed by atoms with Crippen molar-refractivity contribution in [1.82, 2.24) is 15.1 Å². The number of nitrogens with zero attached hydrogens (tertiary/aromatic N) is 2. The number of rotatable bonds is 3. The molecule has 2 atom stereocenters. The summed E-state index contributed by atoms with van der Waals surface area (Å²) in [7, 11) is 0. The van der Waals surface area contributed by atoms with Crippen LogP contribution in [-0.4, -0.2) is 47.3 Å². The molecule has 0 saturated carbocycles. The fraction of sp³-hybridized carbons (Fsp3) is 0.500. The van der Waals surface area contributed by atoms with Gasteiger partial charge in [0, 0.05) is 18.1 Å². The SMILES string of the molecule is C[C@@H]1CCCN(C(=O)CN2C(=O)N[C@](C)(c3ccc(Cl)cc3)C2=O)C1. The van der Waals surface area contributed by atoms with Gasteiger partial charge >= 0.3 is 6.03 Å². The smallest absolute Gasteiger partial charge is 0.325 e. The summed E-state index contributed by atoms with van der Waals surface area (Å²) < 4.78 is 0. The lowest BCUT2D eigenvalue weighted by Crippen LogP contribution is -2.47. The van der Waals surface area contributed by atoms with E-state index in [4.69, 9.17) is 11.6 Å². The molecule has 2 fully saturated rings. The zero-order valence-corrected chi connectivity index (χ0v) is 15.2. The average Bonchev–Trinajstić information content (AvgIpc) is 2.79. The lowest BCUT2D eigenvalue weighted by atomic mass is 9.92. The summed E-state index contributed by atoms with van der Waals surface area (Å²) in [5.74, 6) is -0.159. The Hall–Kier alpha value is -2.08. The van der Waals surface area contributed by atoms with Gasteiger partial charge in [-0.05, 0) is 43.4 Å². The highest BCUT2D eigenvalue weighted by Crippen LogP contribution is 2.29. The van der Waals surface area contributed by atoms with Crippen molar-refractivity contribution in [2.45, 2.75) is 32.2 Å². The minimum atomic E-state index is -1.18. The van der Waals surface area contributed by atoms with Crippen LogP contribution in [0.3, 0.4) is 0 Å². The van der Waals surface area contributed by atoms with Crippen LogP contribution in [0.25, 0.3) is 0 Å². The number of likely N-dealkylation sites (tertiary alicyclic amines) is 1. The van der Waals surface area contributed by atoms with E-state index in [0.29, 0.717) is 29.6 Å². The second-order valence-electron chi connectivity index (χ2n) is 7.04. The fourth-order valence-corrected chi connectivity index (χ4v) is 3.60. The highest BCUT2D eigenvalue weighted by atomic mass is 35.5. The molecule has 4 amide bonds. The molecule has 0 radical (unpaired) electrons. The van der Waals surface area contributed by atoms with Crippen LogP contribution < -0.4 is 5.32 Å². The molecule has 1 aromatic rings. The Balaban J connectivity index is 1.75. The molecule has 0 unspecified atom stereocenters. The minimum absolute atomic E-state index is 0.185. The third-order valence-electron chi connectivity index (χ3n) is 5.00. The van der Waals surface area contributed by atoms with Crippen molar-refractivity contribution in [3.63, 3.8) is 0 Å². The van der Waals surface area contributed by atoms with Gasteiger partial charge < -0.3 is 10.2 Å². The molecule has 0 aliphatic carbocycles. The van der Waals surface area contributed by atoms with Gasteiger partial charge in [-0.2, -0.15) is 0 Å². The second kappa shape index (κ2) is 6.67. The van der Waals surface area contributed by atoms with Crippen molar-refractivity contribution in [2.24, 2.45) is 5.92 Å². The number of benzene rings is 1. The molecule has 134 valence electrons. The topological polar surface area (TPSA) is 69.7 Å². The predicted octanol–water partition coefficient (Wildman–Crippen LogP) is 2.37. The molecule has 1 N–H and O–H groups in total. The molecule has 2 aliphatic heterocycles. The third-order valence-corrected chi connectivity index (χ3v) is 5.25. The molecule has 25 heavy (non-hydrogen) atoms. The highest BCUT2D eigenvalue weighted by Gasteiger charge is 2.49. The maximum Gasteiger partial charge on any atom is 0.325 e. The summed E-state index contributed by atoms with van der Waals surface area (Å²) in [4.78, 5) is 40.4. The minimum Gasteiger partial charge on any atom is -0.341 e. The Kier molecular flexibility index (Phi) is 4.73. The van der Waals surface area contributed by atoms with E-state index in [0.717, 1.165) is 17.7 Å². The predicted molar refractivity (Wildman–Crippen MR) is 94.0 cm³/mol. The first-order valence-corrected chi connectivity index (χ1v) is 8.87. The first-order valence-electron chi connectivity index (χ1n) is 8.49. The van der Waals surface area contributed by atoms with Gasteiger partial charge in [-0.25, -0.2) is 4.79 Å². The van der Waals surface area contributed by atoms with Crippen LogP contribution >= 0.6 is 11.6 Å². The molecule has 2 saturated heterocycles. The number of piperidine rings is 1. The Labute approximate surface area is 152 Å². The normalized spacial score (nSPS) is 26.8. The van der Waals surface area contributed by atoms with E-state index in [1.165, 1.54) is 0 Å². The van der Waals surface area contributed by atoms with E-state index < -0.39 is 17.5 Å². The van der Waals surface area contributed by atoms with E-state index in [-0.39, 0.29) is 12.5 Å². The zero-order chi connectivity index (χ0) is 18.2. The molecule has 0 bridgehead atoms. The van der Waals surface area contributed by atoms with Gasteiger partial charge in [0.2, 0.25) is 5.91 Å². The summed E-state index contributed by atoms with van der Waals surface area (Å²) in [5, 5.41) is 3.26. The maximum absolute atomic E-state index is 12.8. The van der Waals surface area contributed by atoms with Crippen LogP contribution in [0.5, 0.6) is 0 Å². The van der Waals surface area contributed by atoms with Crippen LogP contribution in [-0.2, 0) is 15.1 Å². The van der Waals surface area contributed by atoms with Crippen molar-refractivity contribution >= 4 is 29.4 Å². The molecule has 0 spiro atoms. The van der Waals surface area contributed by atoms with E-state index >= 15 is 0 Å². The second-order valence-corrected chi connectivity index (χ2v) is 7.48. The monoisotopic (exact) mass is 363 g/mol. The Bertz CT molecular complexity index is 706. The highest BCUT2D eigenvalue weighted by molar-refractivity contribution is 6.30. The number of urea groups is 1. The number of nitrogens with one attached hydrogen (secondary N) is 1. The van der Waals surface area contributed by atoms with Gasteiger partial charge in [0.25, 0.3) is 5.91 Å². The lowest BCUT2D eigenvalue weighted by Gasteiger charge is -2.31. The van der Waals surface area contributed by atoms with Gasteiger partial charge in [-0.3, -0.25) is 14.5 Å². The number of imide groups is 1. The van der Waals surface area contributed by atoms with Crippen molar-refractivity contribution in [1.29, 1.82) is 0 Å². The van der Waals surface area contributed by atoms with Gasteiger partial charge in [-0.15, -0.1) is 0 Å². The summed E-state index contributed by atoms with van der Waals surface area (Å²) in [5.41, 5.74) is -0.547.